The van der Waals surface area contributed by atoms with Crippen molar-refractivity contribution in [3.05, 3.63) is 69.5 Å². The fraction of sp³-hybridized carbons (Fsp3) is 0.158. The van der Waals surface area contributed by atoms with Crippen molar-refractivity contribution < 1.29 is 17.9 Å². The molecule has 1 aromatic carbocycles. The Kier molecular flexibility index (Phi) is 6.02. The summed E-state index contributed by atoms with van der Waals surface area (Å²) in [6.07, 6.45) is 1.26. The highest BCUT2D eigenvalue weighted by Gasteiger charge is 2.22. The molecule has 28 heavy (non-hydrogen) atoms. The average Bonchev–Trinajstić information content (AvgIpc) is 3.17. The molecular weight excluding hydrogens is 420 g/mol. The van der Waals surface area contributed by atoms with Gasteiger partial charge in [-0.1, -0.05) is 17.7 Å². The Morgan fingerprint density at radius 2 is 1.93 bits per heavy atom. The molecule has 0 aliphatic rings. The van der Waals surface area contributed by atoms with Crippen LogP contribution in [0.25, 0.3) is 0 Å². The molecule has 146 valence electrons. The third-order valence-corrected chi connectivity index (χ3v) is 6.01. The molecule has 0 bridgehead atoms. The standard InChI is InChI=1S/C19H17ClN2O4S2/c1-12(2)26-14-5-7-15(8-6-14)28(24,25)22-19-16(10-13(20)11-21-19)18(23)17-4-3-9-27-17/h3-12H,1-2H3,(H,21,22). The Balaban J connectivity index is 1.91. The van der Waals surface area contributed by atoms with Crippen molar-refractivity contribution in [2.24, 2.45) is 0 Å². The third kappa shape index (κ3) is 4.70. The van der Waals surface area contributed by atoms with Crippen molar-refractivity contribution in [1.29, 1.82) is 0 Å². The molecule has 3 aromatic rings. The van der Waals surface area contributed by atoms with Crippen LogP contribution >= 0.6 is 22.9 Å². The fourth-order valence-electron chi connectivity index (χ4n) is 2.39. The Labute approximate surface area is 172 Å². The minimum absolute atomic E-state index is 0.0230. The number of benzene rings is 1. The number of carbonyl (C=O) groups excluding carboxylic acids is 1. The Morgan fingerprint density at radius 3 is 2.54 bits per heavy atom. The summed E-state index contributed by atoms with van der Waals surface area (Å²) >= 11 is 7.22. The number of rotatable bonds is 7. The molecule has 0 atom stereocenters. The zero-order chi connectivity index (χ0) is 20.3. The summed E-state index contributed by atoms with van der Waals surface area (Å²) in [4.78, 5) is 17.2. The van der Waals surface area contributed by atoms with Crippen LogP contribution < -0.4 is 9.46 Å². The number of nitrogens with one attached hydrogen (secondary N) is 1. The fourth-order valence-corrected chi connectivity index (χ4v) is 4.26. The molecule has 0 aliphatic carbocycles. The number of nitrogens with zero attached hydrogens (tertiary/aromatic N) is 1. The smallest absolute Gasteiger partial charge is 0.263 e. The quantitative estimate of drug-likeness (QED) is 0.546. The van der Waals surface area contributed by atoms with Crippen LogP contribution in [0.4, 0.5) is 5.82 Å². The molecular formula is C19H17ClN2O4S2. The second kappa shape index (κ2) is 8.30. The van der Waals surface area contributed by atoms with Crippen LogP contribution in [0.5, 0.6) is 5.75 Å². The summed E-state index contributed by atoms with van der Waals surface area (Å²) in [6.45, 7) is 3.76. The van der Waals surface area contributed by atoms with E-state index in [0.717, 1.165) is 0 Å². The van der Waals surface area contributed by atoms with Crippen molar-refractivity contribution >= 4 is 44.6 Å². The first-order chi connectivity index (χ1) is 13.3. The lowest BCUT2D eigenvalue weighted by Gasteiger charge is -2.12. The van der Waals surface area contributed by atoms with Gasteiger partial charge in [-0.05, 0) is 55.6 Å². The van der Waals surface area contributed by atoms with Gasteiger partial charge in [0.05, 0.1) is 26.5 Å². The van der Waals surface area contributed by atoms with E-state index in [2.05, 4.69) is 9.71 Å². The number of pyridine rings is 1. The van der Waals surface area contributed by atoms with Crippen LogP contribution in [0.2, 0.25) is 5.02 Å². The van der Waals surface area contributed by atoms with E-state index in [1.807, 2.05) is 13.8 Å². The van der Waals surface area contributed by atoms with Gasteiger partial charge in [0.25, 0.3) is 10.0 Å². The lowest BCUT2D eigenvalue weighted by molar-refractivity contribution is 0.104. The second-order valence-electron chi connectivity index (χ2n) is 6.10. The van der Waals surface area contributed by atoms with Crippen LogP contribution in [-0.2, 0) is 10.0 Å². The van der Waals surface area contributed by atoms with E-state index in [1.165, 1.54) is 35.7 Å². The maximum absolute atomic E-state index is 12.7. The van der Waals surface area contributed by atoms with E-state index in [0.29, 0.717) is 10.6 Å². The van der Waals surface area contributed by atoms with Gasteiger partial charge in [-0.15, -0.1) is 11.3 Å². The normalized spacial score (nSPS) is 11.4. The topological polar surface area (TPSA) is 85.4 Å². The molecule has 0 radical (unpaired) electrons. The molecule has 2 heterocycles. The summed E-state index contributed by atoms with van der Waals surface area (Å²) < 4.78 is 33.4. The number of ether oxygens (including phenoxy) is 1. The highest BCUT2D eigenvalue weighted by Crippen LogP contribution is 2.26. The zero-order valence-corrected chi connectivity index (χ0v) is 17.4. The lowest BCUT2D eigenvalue weighted by Crippen LogP contribution is -2.17. The number of thiophene rings is 1. The van der Waals surface area contributed by atoms with Crippen LogP contribution in [0, 0.1) is 0 Å². The van der Waals surface area contributed by atoms with E-state index in [9.17, 15) is 13.2 Å². The Hall–Kier alpha value is -2.42. The summed E-state index contributed by atoms with van der Waals surface area (Å²) in [7, 11) is -3.96. The molecule has 2 aromatic heterocycles. The van der Waals surface area contributed by atoms with Crippen molar-refractivity contribution in [2.45, 2.75) is 24.8 Å². The van der Waals surface area contributed by atoms with Gasteiger partial charge in [0, 0.05) is 6.20 Å². The van der Waals surface area contributed by atoms with Gasteiger partial charge in [-0.3, -0.25) is 9.52 Å². The van der Waals surface area contributed by atoms with Gasteiger partial charge in [-0.25, -0.2) is 13.4 Å². The molecule has 0 fully saturated rings. The number of hydrogen-bond donors (Lipinski definition) is 1. The predicted octanol–water partition coefficient (Wildman–Crippen LogP) is 4.62. The Morgan fingerprint density at radius 1 is 1.21 bits per heavy atom. The number of halogens is 1. The van der Waals surface area contributed by atoms with Gasteiger partial charge in [-0.2, -0.15) is 0 Å². The van der Waals surface area contributed by atoms with Gasteiger partial charge < -0.3 is 4.74 Å². The summed E-state index contributed by atoms with van der Waals surface area (Å²) in [5, 5.41) is 1.99. The number of hydrogen-bond acceptors (Lipinski definition) is 6. The summed E-state index contributed by atoms with van der Waals surface area (Å²) in [5.41, 5.74) is 0.0817. The van der Waals surface area contributed by atoms with Crippen molar-refractivity contribution in [2.75, 3.05) is 4.72 Å². The molecule has 0 unspecified atom stereocenters. The van der Waals surface area contributed by atoms with Gasteiger partial charge >= 0.3 is 0 Å². The second-order valence-corrected chi connectivity index (χ2v) is 9.17. The van der Waals surface area contributed by atoms with Crippen molar-refractivity contribution in [3.8, 4) is 5.75 Å². The number of carbonyl (C=O) groups is 1. The van der Waals surface area contributed by atoms with Crippen LogP contribution in [0.3, 0.4) is 0 Å². The Bertz CT molecular complexity index is 1080. The molecule has 0 amide bonds. The highest BCUT2D eigenvalue weighted by molar-refractivity contribution is 7.92. The number of sulfonamides is 1. The monoisotopic (exact) mass is 436 g/mol. The molecule has 0 saturated heterocycles. The van der Waals surface area contributed by atoms with Gasteiger partial charge in [0.15, 0.2) is 5.82 Å². The van der Waals surface area contributed by atoms with Gasteiger partial charge in [0.1, 0.15) is 5.75 Å². The first kappa shape index (κ1) is 20.3. The lowest BCUT2D eigenvalue weighted by atomic mass is 10.1. The molecule has 3 rings (SSSR count). The minimum atomic E-state index is -3.96. The van der Waals surface area contributed by atoms with E-state index in [-0.39, 0.29) is 33.2 Å². The maximum Gasteiger partial charge on any atom is 0.263 e. The minimum Gasteiger partial charge on any atom is -0.491 e. The van der Waals surface area contributed by atoms with Crippen molar-refractivity contribution in [1.82, 2.24) is 4.98 Å². The van der Waals surface area contributed by atoms with Crippen LogP contribution in [0.1, 0.15) is 29.1 Å². The van der Waals surface area contributed by atoms with E-state index in [1.54, 1.807) is 29.6 Å². The van der Waals surface area contributed by atoms with E-state index >= 15 is 0 Å². The molecule has 9 heteroatoms. The highest BCUT2D eigenvalue weighted by atomic mass is 35.5. The van der Waals surface area contributed by atoms with E-state index in [4.69, 9.17) is 16.3 Å². The maximum atomic E-state index is 12.7. The largest absolute Gasteiger partial charge is 0.491 e. The molecule has 0 aliphatic heterocycles. The molecule has 6 nitrogen and oxygen atoms in total. The van der Waals surface area contributed by atoms with Crippen LogP contribution in [-0.4, -0.2) is 25.3 Å². The number of anilines is 1. The average molecular weight is 437 g/mol. The zero-order valence-electron chi connectivity index (χ0n) is 15.0. The van der Waals surface area contributed by atoms with E-state index < -0.39 is 10.0 Å². The van der Waals surface area contributed by atoms with Crippen molar-refractivity contribution in [3.63, 3.8) is 0 Å². The molecule has 0 spiro atoms. The predicted molar refractivity (Wildman–Crippen MR) is 110 cm³/mol. The first-order valence-electron chi connectivity index (χ1n) is 8.29. The SMILES string of the molecule is CC(C)Oc1ccc(S(=O)(=O)Nc2ncc(Cl)cc2C(=O)c2cccs2)cc1. The summed E-state index contributed by atoms with van der Waals surface area (Å²) in [6, 6.07) is 10.8. The van der Waals surface area contributed by atoms with Crippen LogP contribution in [0.15, 0.2) is 58.9 Å². The third-order valence-electron chi connectivity index (χ3n) is 3.58. The van der Waals surface area contributed by atoms with Gasteiger partial charge in [0.2, 0.25) is 5.78 Å². The molecule has 0 saturated carbocycles. The number of aromatic nitrogens is 1. The first-order valence-corrected chi connectivity index (χ1v) is 11.0. The summed E-state index contributed by atoms with van der Waals surface area (Å²) in [5.74, 6) is 0.126. The molecule has 1 N–H and O–H groups in total. The number of ketones is 1.